The van der Waals surface area contributed by atoms with E-state index in [1.54, 1.807) is 12.1 Å². The molecule has 0 fully saturated rings. The molecule has 5 heteroatoms. The zero-order chi connectivity index (χ0) is 10.8. The van der Waals surface area contributed by atoms with Crippen molar-refractivity contribution in [2.45, 2.75) is 0 Å². The topological polar surface area (TPSA) is 36.7 Å². The van der Waals surface area contributed by atoms with Crippen LogP contribution in [0, 0.1) is 17.1 Å². The molecular weight excluding hydrogens is 235 g/mol. The molecule has 1 heterocycles. The molecule has 2 aromatic rings. The lowest BCUT2D eigenvalue weighted by Crippen LogP contribution is -1.81. The fraction of sp³-hybridized carbons (Fsp3) is 0. The second-order valence-electron chi connectivity index (χ2n) is 2.76. The van der Waals surface area contributed by atoms with Crippen LogP contribution in [0.4, 0.5) is 4.39 Å². The molecule has 2 nitrogen and oxygen atoms in total. The van der Waals surface area contributed by atoms with Crippen molar-refractivity contribution in [3.63, 3.8) is 0 Å². The average Bonchev–Trinajstić information content (AvgIpc) is 2.61. The Labute approximate surface area is 94.6 Å². The van der Waals surface area contributed by atoms with Crippen LogP contribution in [0.3, 0.4) is 0 Å². The van der Waals surface area contributed by atoms with E-state index < -0.39 is 0 Å². The first-order chi connectivity index (χ1) is 7.20. The first-order valence-corrected chi connectivity index (χ1v) is 5.22. The third kappa shape index (κ3) is 1.99. The van der Waals surface area contributed by atoms with Gasteiger partial charge in [-0.3, -0.25) is 0 Å². The third-order valence-corrected chi connectivity index (χ3v) is 2.88. The molecular formula is C10H4ClFN2S. The van der Waals surface area contributed by atoms with E-state index in [1.807, 2.05) is 6.07 Å². The maximum absolute atomic E-state index is 12.7. The predicted molar refractivity (Wildman–Crippen MR) is 57.2 cm³/mol. The number of nitrogens with zero attached hydrogens (tertiary/aromatic N) is 2. The summed E-state index contributed by atoms with van der Waals surface area (Å²) in [5.41, 5.74) is 1.20. The van der Waals surface area contributed by atoms with Crippen LogP contribution in [0.25, 0.3) is 11.3 Å². The van der Waals surface area contributed by atoms with Gasteiger partial charge in [0.05, 0.1) is 0 Å². The molecule has 0 amide bonds. The summed E-state index contributed by atoms with van der Waals surface area (Å²) in [7, 11) is 0. The molecule has 0 spiro atoms. The molecule has 2 rings (SSSR count). The Kier molecular flexibility index (Phi) is 2.67. The van der Waals surface area contributed by atoms with E-state index >= 15 is 0 Å². The largest absolute Gasteiger partial charge is 0.223 e. The first kappa shape index (κ1) is 10.1. The van der Waals surface area contributed by atoms with Crippen molar-refractivity contribution in [2.75, 3.05) is 0 Å². The first-order valence-electron chi connectivity index (χ1n) is 4.03. The van der Waals surface area contributed by atoms with Gasteiger partial charge in [-0.05, 0) is 24.3 Å². The maximum Gasteiger partial charge on any atom is 0.185 e. The van der Waals surface area contributed by atoms with Gasteiger partial charge >= 0.3 is 0 Å². The Morgan fingerprint density at radius 2 is 2.00 bits per heavy atom. The number of aromatic nitrogens is 1. The van der Waals surface area contributed by atoms with Gasteiger partial charge < -0.3 is 0 Å². The molecule has 0 N–H and O–H groups in total. The molecule has 0 aliphatic heterocycles. The fourth-order valence-corrected chi connectivity index (χ4v) is 2.10. The summed E-state index contributed by atoms with van der Waals surface area (Å²) in [4.78, 5) is 4.46. The van der Waals surface area contributed by atoms with Crippen LogP contribution in [-0.4, -0.2) is 4.98 Å². The van der Waals surface area contributed by atoms with Crippen LogP contribution in [0.15, 0.2) is 24.3 Å². The van der Waals surface area contributed by atoms with Crippen LogP contribution < -0.4 is 0 Å². The highest BCUT2D eigenvalue weighted by Crippen LogP contribution is 2.30. The molecule has 15 heavy (non-hydrogen) atoms. The van der Waals surface area contributed by atoms with Crippen LogP contribution >= 0.6 is 22.9 Å². The summed E-state index contributed by atoms with van der Waals surface area (Å²) in [5.74, 6) is -0.321. The van der Waals surface area contributed by atoms with E-state index in [2.05, 4.69) is 4.98 Å². The van der Waals surface area contributed by atoms with Gasteiger partial charge in [0, 0.05) is 5.56 Å². The van der Waals surface area contributed by atoms with E-state index in [-0.39, 0.29) is 5.82 Å². The van der Waals surface area contributed by atoms with Gasteiger partial charge in [-0.25, -0.2) is 9.37 Å². The number of halogens is 2. The molecule has 1 aromatic heterocycles. The van der Waals surface area contributed by atoms with Gasteiger partial charge in [0.15, 0.2) is 4.47 Å². The number of benzene rings is 1. The van der Waals surface area contributed by atoms with Gasteiger partial charge in [-0.15, -0.1) is 0 Å². The Morgan fingerprint density at radius 3 is 2.60 bits per heavy atom. The number of rotatable bonds is 1. The fourth-order valence-electron chi connectivity index (χ4n) is 1.17. The van der Waals surface area contributed by atoms with Gasteiger partial charge in [0.25, 0.3) is 0 Å². The lowest BCUT2D eigenvalue weighted by molar-refractivity contribution is 0.628. The molecule has 1 aromatic carbocycles. The smallest absolute Gasteiger partial charge is 0.185 e. The Bertz CT molecular complexity index is 527. The predicted octanol–water partition coefficient (Wildman–Crippen LogP) is 3.47. The summed E-state index contributed by atoms with van der Waals surface area (Å²) < 4.78 is 13.0. The van der Waals surface area contributed by atoms with Crippen molar-refractivity contribution in [1.29, 1.82) is 5.26 Å². The van der Waals surface area contributed by atoms with Crippen molar-refractivity contribution in [3.8, 4) is 17.3 Å². The van der Waals surface area contributed by atoms with Crippen LogP contribution in [-0.2, 0) is 0 Å². The molecule has 0 radical (unpaired) electrons. The van der Waals surface area contributed by atoms with Gasteiger partial charge in [-0.1, -0.05) is 22.9 Å². The van der Waals surface area contributed by atoms with Crippen LogP contribution in [0.1, 0.15) is 4.88 Å². The van der Waals surface area contributed by atoms with E-state index in [9.17, 15) is 4.39 Å². The monoisotopic (exact) mass is 238 g/mol. The molecule has 0 saturated carbocycles. The van der Waals surface area contributed by atoms with E-state index in [0.717, 1.165) is 11.3 Å². The second-order valence-corrected chi connectivity index (χ2v) is 4.34. The summed E-state index contributed by atoms with van der Waals surface area (Å²) >= 11 is 6.82. The molecule has 0 unspecified atom stereocenters. The zero-order valence-corrected chi connectivity index (χ0v) is 8.94. The summed E-state index contributed by atoms with van der Waals surface area (Å²) in [5, 5.41) is 8.84. The SMILES string of the molecule is N#Cc1sc(Cl)nc1-c1ccc(F)cc1. The van der Waals surface area contributed by atoms with Crippen molar-refractivity contribution in [1.82, 2.24) is 4.98 Å². The number of hydrogen-bond acceptors (Lipinski definition) is 3. The highest BCUT2D eigenvalue weighted by atomic mass is 35.5. The van der Waals surface area contributed by atoms with E-state index in [0.29, 0.717) is 20.6 Å². The van der Waals surface area contributed by atoms with E-state index in [1.165, 1.54) is 12.1 Å². The van der Waals surface area contributed by atoms with E-state index in [4.69, 9.17) is 16.9 Å². The maximum atomic E-state index is 12.7. The van der Waals surface area contributed by atoms with Crippen LogP contribution in [0.2, 0.25) is 4.47 Å². The Hall–Kier alpha value is -1.44. The number of thiazole rings is 1. The summed E-state index contributed by atoms with van der Waals surface area (Å²) in [6, 6.07) is 7.80. The minimum absolute atomic E-state index is 0.311. The second kappa shape index (κ2) is 3.97. The number of nitriles is 1. The highest BCUT2D eigenvalue weighted by Gasteiger charge is 2.11. The summed E-state index contributed by atoms with van der Waals surface area (Å²) in [6.45, 7) is 0. The zero-order valence-electron chi connectivity index (χ0n) is 7.37. The minimum atomic E-state index is -0.321. The Morgan fingerprint density at radius 1 is 1.33 bits per heavy atom. The van der Waals surface area contributed by atoms with Gasteiger partial charge in [0.2, 0.25) is 0 Å². The molecule has 0 saturated heterocycles. The molecule has 0 aliphatic carbocycles. The Balaban J connectivity index is 2.54. The van der Waals surface area contributed by atoms with Gasteiger partial charge in [0.1, 0.15) is 22.5 Å². The molecule has 0 atom stereocenters. The number of hydrogen-bond donors (Lipinski definition) is 0. The van der Waals surface area contributed by atoms with Crippen molar-refractivity contribution >= 4 is 22.9 Å². The van der Waals surface area contributed by atoms with Crippen molar-refractivity contribution in [3.05, 3.63) is 39.4 Å². The average molecular weight is 239 g/mol. The summed E-state index contributed by atoms with van der Waals surface area (Å²) in [6.07, 6.45) is 0. The third-order valence-electron chi connectivity index (χ3n) is 1.82. The standard InChI is InChI=1S/C10H4ClFN2S/c11-10-14-9(8(5-13)15-10)6-1-3-7(12)4-2-6/h1-4H. The lowest BCUT2D eigenvalue weighted by atomic mass is 10.1. The molecule has 0 bridgehead atoms. The van der Waals surface area contributed by atoms with Gasteiger partial charge in [-0.2, -0.15) is 5.26 Å². The molecule has 0 aliphatic rings. The lowest BCUT2D eigenvalue weighted by Gasteiger charge is -1.96. The quantitative estimate of drug-likeness (QED) is 0.763. The van der Waals surface area contributed by atoms with Crippen molar-refractivity contribution < 1.29 is 4.39 Å². The van der Waals surface area contributed by atoms with Crippen molar-refractivity contribution in [2.24, 2.45) is 0 Å². The molecule has 74 valence electrons. The minimum Gasteiger partial charge on any atom is -0.223 e. The van der Waals surface area contributed by atoms with Crippen LogP contribution in [0.5, 0.6) is 0 Å². The highest BCUT2D eigenvalue weighted by molar-refractivity contribution is 7.16. The normalized spacial score (nSPS) is 9.93.